The molecule has 136 valence electrons. The van der Waals surface area contributed by atoms with Gasteiger partial charge in [0.15, 0.2) is 0 Å². The van der Waals surface area contributed by atoms with Crippen molar-refractivity contribution < 1.29 is 21.6 Å². The molecular formula is C15H15ClF3N3O2S. The predicted octanol–water partition coefficient (Wildman–Crippen LogP) is 4.65. The standard InChI is InChI=1S/C15H15ClF3N3O2S/c1-2-7-25(23,24)22-11-4-6-14(20-9-11)21-13-8-10(15(17,18)19)3-5-12(13)16/h3-6,8-9,22H,2,7H2,1H3,(H,20,21). The van der Waals surface area contributed by atoms with Crippen molar-refractivity contribution in [3.05, 3.63) is 47.1 Å². The number of nitrogens with one attached hydrogen (secondary N) is 2. The van der Waals surface area contributed by atoms with Crippen LogP contribution in [0.2, 0.25) is 5.02 Å². The van der Waals surface area contributed by atoms with E-state index in [1.54, 1.807) is 6.92 Å². The first-order valence-electron chi connectivity index (χ1n) is 7.21. The molecule has 0 aliphatic rings. The van der Waals surface area contributed by atoms with Crippen molar-refractivity contribution in [2.24, 2.45) is 0 Å². The second-order valence-electron chi connectivity index (χ2n) is 5.17. The molecule has 0 amide bonds. The van der Waals surface area contributed by atoms with Gasteiger partial charge in [0.1, 0.15) is 5.82 Å². The van der Waals surface area contributed by atoms with Crippen molar-refractivity contribution in [3.63, 3.8) is 0 Å². The van der Waals surface area contributed by atoms with Crippen molar-refractivity contribution >= 4 is 38.8 Å². The SMILES string of the molecule is CCCS(=O)(=O)Nc1ccc(Nc2cc(C(F)(F)F)ccc2Cl)nc1. The topological polar surface area (TPSA) is 71.1 Å². The fraction of sp³-hybridized carbons (Fsp3) is 0.267. The van der Waals surface area contributed by atoms with E-state index in [1.807, 2.05) is 0 Å². The molecule has 0 fully saturated rings. The molecule has 0 atom stereocenters. The molecule has 1 aromatic carbocycles. The van der Waals surface area contributed by atoms with Gasteiger partial charge in [-0.2, -0.15) is 13.2 Å². The molecule has 0 bridgehead atoms. The molecule has 2 rings (SSSR count). The van der Waals surface area contributed by atoms with Crippen LogP contribution in [-0.2, 0) is 16.2 Å². The number of aromatic nitrogens is 1. The minimum atomic E-state index is -4.49. The lowest BCUT2D eigenvalue weighted by atomic mass is 10.2. The van der Waals surface area contributed by atoms with Gasteiger partial charge >= 0.3 is 6.18 Å². The first-order chi connectivity index (χ1) is 11.6. The molecule has 0 unspecified atom stereocenters. The Bertz CT molecular complexity index is 840. The molecule has 2 aromatic rings. The van der Waals surface area contributed by atoms with Gasteiger partial charge in [-0.3, -0.25) is 4.72 Å². The third-order valence-electron chi connectivity index (χ3n) is 3.07. The highest BCUT2D eigenvalue weighted by Crippen LogP contribution is 2.34. The van der Waals surface area contributed by atoms with Crippen molar-refractivity contribution in [3.8, 4) is 0 Å². The lowest BCUT2D eigenvalue weighted by Gasteiger charge is -2.12. The van der Waals surface area contributed by atoms with E-state index in [0.29, 0.717) is 6.42 Å². The highest BCUT2D eigenvalue weighted by Gasteiger charge is 2.31. The van der Waals surface area contributed by atoms with E-state index in [0.717, 1.165) is 18.2 Å². The Morgan fingerprint density at radius 1 is 1.20 bits per heavy atom. The van der Waals surface area contributed by atoms with Gasteiger partial charge in [0.2, 0.25) is 10.0 Å². The largest absolute Gasteiger partial charge is 0.416 e. The van der Waals surface area contributed by atoms with Crippen molar-refractivity contribution in [1.29, 1.82) is 0 Å². The van der Waals surface area contributed by atoms with Gasteiger partial charge in [-0.15, -0.1) is 0 Å². The highest BCUT2D eigenvalue weighted by molar-refractivity contribution is 7.92. The second-order valence-corrected chi connectivity index (χ2v) is 7.42. The summed E-state index contributed by atoms with van der Waals surface area (Å²) in [4.78, 5) is 3.97. The summed E-state index contributed by atoms with van der Waals surface area (Å²) in [5.74, 6) is 0.201. The van der Waals surface area contributed by atoms with Gasteiger partial charge in [0.05, 0.1) is 33.9 Å². The van der Waals surface area contributed by atoms with Gasteiger partial charge in [0.25, 0.3) is 0 Å². The van der Waals surface area contributed by atoms with Gasteiger partial charge in [0, 0.05) is 0 Å². The minimum Gasteiger partial charge on any atom is -0.339 e. The summed E-state index contributed by atoms with van der Waals surface area (Å²) in [6.45, 7) is 1.74. The number of benzene rings is 1. The quantitative estimate of drug-likeness (QED) is 0.749. The molecule has 5 nitrogen and oxygen atoms in total. The Hall–Kier alpha value is -2.00. The molecule has 0 aliphatic carbocycles. The Balaban J connectivity index is 2.17. The smallest absolute Gasteiger partial charge is 0.339 e. The maximum Gasteiger partial charge on any atom is 0.416 e. The predicted molar refractivity (Wildman–Crippen MR) is 91.7 cm³/mol. The summed E-state index contributed by atoms with van der Waals surface area (Å²) in [5, 5.41) is 2.78. The van der Waals surface area contributed by atoms with Crippen LogP contribution in [0.3, 0.4) is 0 Å². The van der Waals surface area contributed by atoms with E-state index in [4.69, 9.17) is 11.6 Å². The molecule has 10 heteroatoms. The normalized spacial score (nSPS) is 12.0. The third kappa shape index (κ3) is 5.50. The summed E-state index contributed by atoms with van der Waals surface area (Å²) < 4.78 is 64.0. The number of nitrogens with zero attached hydrogens (tertiary/aromatic N) is 1. The number of hydrogen-bond donors (Lipinski definition) is 2. The number of alkyl halides is 3. The number of halogens is 4. The number of hydrogen-bond acceptors (Lipinski definition) is 4. The second kappa shape index (κ2) is 7.49. The summed E-state index contributed by atoms with van der Waals surface area (Å²) in [5.41, 5.74) is -0.541. The van der Waals surface area contributed by atoms with Crippen molar-refractivity contribution in [2.75, 3.05) is 15.8 Å². The number of pyridine rings is 1. The number of rotatable bonds is 6. The molecule has 1 heterocycles. The first kappa shape index (κ1) is 19.3. The average Bonchev–Trinajstić information content (AvgIpc) is 2.50. The maximum atomic E-state index is 12.8. The van der Waals surface area contributed by atoms with E-state index in [-0.39, 0.29) is 28.0 Å². The van der Waals surface area contributed by atoms with Crippen molar-refractivity contribution in [2.45, 2.75) is 19.5 Å². The highest BCUT2D eigenvalue weighted by atomic mass is 35.5. The van der Waals surface area contributed by atoms with Crippen LogP contribution in [0, 0.1) is 0 Å². The lowest BCUT2D eigenvalue weighted by molar-refractivity contribution is -0.137. The molecular weight excluding hydrogens is 379 g/mol. The number of anilines is 3. The fourth-order valence-corrected chi connectivity index (χ4v) is 3.25. The zero-order valence-corrected chi connectivity index (χ0v) is 14.6. The zero-order chi connectivity index (χ0) is 18.7. The van der Waals surface area contributed by atoms with Crippen molar-refractivity contribution in [1.82, 2.24) is 4.98 Å². The molecule has 2 N–H and O–H groups in total. The summed E-state index contributed by atoms with van der Waals surface area (Å²) in [7, 11) is -3.44. The maximum absolute atomic E-state index is 12.8. The Kier molecular flexibility index (Phi) is 5.79. The summed E-state index contributed by atoms with van der Waals surface area (Å²) >= 11 is 5.90. The third-order valence-corrected chi connectivity index (χ3v) is 4.89. The molecule has 0 saturated heterocycles. The Morgan fingerprint density at radius 3 is 2.48 bits per heavy atom. The van der Waals surface area contributed by atoms with Crippen LogP contribution >= 0.6 is 11.6 Å². The average molecular weight is 394 g/mol. The van der Waals surface area contributed by atoms with Crippen LogP contribution in [0.1, 0.15) is 18.9 Å². The van der Waals surface area contributed by atoms with Gasteiger partial charge < -0.3 is 5.32 Å². The minimum absolute atomic E-state index is 0.0210. The molecule has 1 aromatic heterocycles. The first-order valence-corrected chi connectivity index (χ1v) is 9.24. The molecule has 0 saturated carbocycles. The molecule has 0 aliphatic heterocycles. The lowest BCUT2D eigenvalue weighted by Crippen LogP contribution is -2.16. The summed E-state index contributed by atoms with van der Waals surface area (Å²) in [6.07, 6.45) is -2.76. The molecule has 0 radical (unpaired) electrons. The Morgan fingerprint density at radius 2 is 1.92 bits per heavy atom. The Labute approximate surface area is 148 Å². The fourth-order valence-electron chi connectivity index (χ4n) is 1.96. The van der Waals surface area contributed by atoms with Crippen LogP contribution in [0.5, 0.6) is 0 Å². The van der Waals surface area contributed by atoms with E-state index < -0.39 is 21.8 Å². The van der Waals surface area contributed by atoms with Gasteiger partial charge in [-0.1, -0.05) is 18.5 Å². The van der Waals surface area contributed by atoms with E-state index >= 15 is 0 Å². The van der Waals surface area contributed by atoms with Gasteiger partial charge in [-0.05, 0) is 36.8 Å². The van der Waals surface area contributed by atoms with Crippen LogP contribution in [0.4, 0.5) is 30.4 Å². The summed E-state index contributed by atoms with van der Waals surface area (Å²) in [6, 6.07) is 5.78. The van der Waals surface area contributed by atoms with Crippen LogP contribution in [0.15, 0.2) is 36.5 Å². The molecule has 0 spiro atoms. The number of sulfonamides is 1. The van der Waals surface area contributed by atoms with Crippen LogP contribution in [0.25, 0.3) is 0 Å². The zero-order valence-electron chi connectivity index (χ0n) is 13.1. The molecule has 25 heavy (non-hydrogen) atoms. The van der Waals surface area contributed by atoms with Crippen LogP contribution in [-0.4, -0.2) is 19.2 Å². The van der Waals surface area contributed by atoms with E-state index in [1.165, 1.54) is 18.3 Å². The monoisotopic (exact) mass is 393 g/mol. The van der Waals surface area contributed by atoms with Gasteiger partial charge in [-0.25, -0.2) is 13.4 Å². The van der Waals surface area contributed by atoms with E-state index in [9.17, 15) is 21.6 Å². The van der Waals surface area contributed by atoms with Crippen LogP contribution < -0.4 is 10.0 Å². The van der Waals surface area contributed by atoms with E-state index in [2.05, 4.69) is 15.0 Å².